The average Bonchev–Trinajstić information content (AvgIpc) is 2.64. The molecule has 0 aliphatic carbocycles. The van der Waals surface area contributed by atoms with E-state index in [1.54, 1.807) is 12.3 Å². The van der Waals surface area contributed by atoms with Gasteiger partial charge in [0, 0.05) is 29.5 Å². The minimum atomic E-state index is -3.59. The van der Waals surface area contributed by atoms with Gasteiger partial charge in [-0.1, -0.05) is 12.8 Å². The Kier molecular flexibility index (Phi) is 4.94. The van der Waals surface area contributed by atoms with Crippen LogP contribution in [0.4, 0.5) is 0 Å². The van der Waals surface area contributed by atoms with E-state index in [1.165, 1.54) is 10.5 Å². The minimum absolute atomic E-state index is 0.138. The van der Waals surface area contributed by atoms with Crippen LogP contribution in [0.3, 0.4) is 0 Å². The summed E-state index contributed by atoms with van der Waals surface area (Å²) in [6.07, 6.45) is 6.38. The van der Waals surface area contributed by atoms with Crippen LogP contribution in [0.2, 0.25) is 0 Å². The Labute approximate surface area is 121 Å². The number of aliphatic hydroxyl groups excluding tert-OH is 1. The summed E-state index contributed by atoms with van der Waals surface area (Å²) in [4.78, 5) is 4.07. The van der Waals surface area contributed by atoms with E-state index in [4.69, 9.17) is 0 Å². The fourth-order valence-electron chi connectivity index (χ4n) is 2.32. The number of sulfonamides is 1. The molecule has 0 bridgehead atoms. The van der Waals surface area contributed by atoms with Gasteiger partial charge in [-0.25, -0.2) is 8.42 Å². The van der Waals surface area contributed by atoms with Crippen molar-refractivity contribution in [2.45, 2.75) is 36.6 Å². The maximum Gasteiger partial charge on any atom is 0.244 e. The van der Waals surface area contributed by atoms with Crippen molar-refractivity contribution < 1.29 is 13.5 Å². The second-order valence-corrected chi connectivity index (χ2v) is 7.45. The summed E-state index contributed by atoms with van der Waals surface area (Å²) in [5, 5.41) is 9.42. The zero-order chi connectivity index (χ0) is 13.9. The molecule has 5 nitrogen and oxygen atoms in total. The molecular formula is C12H17BrN2O3S. The number of pyridine rings is 1. The van der Waals surface area contributed by atoms with Crippen molar-refractivity contribution in [1.29, 1.82) is 0 Å². The summed E-state index contributed by atoms with van der Waals surface area (Å²) in [6.45, 7) is 0.320. The highest BCUT2D eigenvalue weighted by atomic mass is 79.9. The molecule has 1 N–H and O–H groups in total. The zero-order valence-corrected chi connectivity index (χ0v) is 12.9. The highest BCUT2D eigenvalue weighted by molar-refractivity contribution is 9.10. The Morgan fingerprint density at radius 3 is 2.84 bits per heavy atom. The Morgan fingerprint density at radius 2 is 2.16 bits per heavy atom. The summed E-state index contributed by atoms with van der Waals surface area (Å²) in [6, 6.07) is 1.22. The van der Waals surface area contributed by atoms with Crippen LogP contribution in [-0.2, 0) is 10.0 Å². The standard InChI is InChI=1S/C12H17BrN2O3S/c13-10-6-12(8-14-7-10)19(17,18)15-5-3-1-2-4-11(15)9-16/h6-8,11,16H,1-5,9H2. The molecule has 7 heteroatoms. The van der Waals surface area contributed by atoms with Gasteiger partial charge < -0.3 is 5.11 Å². The molecule has 1 aliphatic heterocycles. The van der Waals surface area contributed by atoms with E-state index in [9.17, 15) is 13.5 Å². The molecule has 1 saturated heterocycles. The van der Waals surface area contributed by atoms with Crippen LogP contribution >= 0.6 is 15.9 Å². The lowest BCUT2D eigenvalue weighted by atomic mass is 10.1. The number of nitrogens with zero attached hydrogens (tertiary/aromatic N) is 2. The molecule has 0 spiro atoms. The van der Waals surface area contributed by atoms with Gasteiger partial charge in [0.2, 0.25) is 10.0 Å². The number of hydrogen-bond donors (Lipinski definition) is 1. The SMILES string of the molecule is O=S(=O)(c1cncc(Br)c1)N1CCCCCC1CO. The van der Waals surface area contributed by atoms with Crippen molar-refractivity contribution in [1.82, 2.24) is 9.29 Å². The lowest BCUT2D eigenvalue weighted by molar-refractivity contribution is 0.186. The largest absolute Gasteiger partial charge is 0.395 e. The first kappa shape index (κ1) is 14.9. The van der Waals surface area contributed by atoms with Crippen molar-refractivity contribution in [2.24, 2.45) is 0 Å². The quantitative estimate of drug-likeness (QED) is 0.903. The Morgan fingerprint density at radius 1 is 1.37 bits per heavy atom. The van der Waals surface area contributed by atoms with Crippen molar-refractivity contribution in [3.05, 3.63) is 22.9 Å². The van der Waals surface area contributed by atoms with Crippen LogP contribution in [0.15, 0.2) is 27.8 Å². The Bertz CT molecular complexity index is 536. The zero-order valence-electron chi connectivity index (χ0n) is 10.5. The summed E-state index contributed by atoms with van der Waals surface area (Å²) in [5.74, 6) is 0. The van der Waals surface area contributed by atoms with Crippen molar-refractivity contribution in [3.8, 4) is 0 Å². The van der Waals surface area contributed by atoms with Crippen LogP contribution in [0.25, 0.3) is 0 Å². The molecule has 0 aromatic carbocycles. The van der Waals surface area contributed by atoms with Gasteiger partial charge in [0.1, 0.15) is 4.90 Å². The van der Waals surface area contributed by atoms with Crippen LogP contribution in [-0.4, -0.2) is 42.0 Å². The molecule has 1 aliphatic rings. The first-order valence-corrected chi connectivity index (χ1v) is 8.52. The van der Waals surface area contributed by atoms with Crippen LogP contribution in [0.5, 0.6) is 0 Å². The third kappa shape index (κ3) is 3.34. The molecule has 0 saturated carbocycles. The van der Waals surface area contributed by atoms with Crippen LogP contribution < -0.4 is 0 Å². The topological polar surface area (TPSA) is 70.5 Å². The molecule has 1 unspecified atom stereocenters. The summed E-state index contributed by atoms with van der Waals surface area (Å²) in [5.41, 5.74) is 0. The molecule has 1 aromatic rings. The van der Waals surface area contributed by atoms with E-state index < -0.39 is 10.0 Å². The normalized spacial score (nSPS) is 22.1. The maximum absolute atomic E-state index is 12.6. The third-order valence-corrected chi connectivity index (χ3v) is 5.67. The number of aliphatic hydroxyl groups is 1. The molecule has 2 rings (SSSR count). The predicted octanol–water partition coefficient (Wildman–Crippen LogP) is 1.77. The molecule has 0 radical (unpaired) electrons. The van der Waals surface area contributed by atoms with Gasteiger partial charge in [0.15, 0.2) is 0 Å². The molecule has 0 amide bonds. The number of aromatic nitrogens is 1. The van der Waals surface area contributed by atoms with Crippen molar-refractivity contribution >= 4 is 26.0 Å². The minimum Gasteiger partial charge on any atom is -0.395 e. The fourth-order valence-corrected chi connectivity index (χ4v) is 4.51. The maximum atomic E-state index is 12.6. The first-order chi connectivity index (χ1) is 9.05. The Balaban J connectivity index is 2.36. The van der Waals surface area contributed by atoms with E-state index in [0.717, 1.165) is 19.3 Å². The second-order valence-electron chi connectivity index (χ2n) is 4.64. The summed E-state index contributed by atoms with van der Waals surface area (Å²) >= 11 is 3.23. The first-order valence-electron chi connectivity index (χ1n) is 6.29. The van der Waals surface area contributed by atoms with E-state index in [1.807, 2.05) is 0 Å². The lowest BCUT2D eigenvalue weighted by Gasteiger charge is -2.27. The van der Waals surface area contributed by atoms with E-state index in [2.05, 4.69) is 20.9 Å². The second kappa shape index (κ2) is 6.30. The predicted molar refractivity (Wildman–Crippen MR) is 75.2 cm³/mol. The molecule has 1 fully saturated rings. The van der Waals surface area contributed by atoms with Gasteiger partial charge in [0.05, 0.1) is 6.61 Å². The molecule has 1 aromatic heterocycles. The Hall–Kier alpha value is -0.500. The van der Waals surface area contributed by atoms with Crippen molar-refractivity contribution in [2.75, 3.05) is 13.2 Å². The van der Waals surface area contributed by atoms with Gasteiger partial charge in [0.25, 0.3) is 0 Å². The van der Waals surface area contributed by atoms with Gasteiger partial charge in [-0.15, -0.1) is 0 Å². The third-order valence-electron chi connectivity index (χ3n) is 3.32. The van der Waals surface area contributed by atoms with Gasteiger partial charge in [-0.3, -0.25) is 4.98 Å². The van der Waals surface area contributed by atoms with E-state index >= 15 is 0 Å². The number of rotatable bonds is 3. The smallest absolute Gasteiger partial charge is 0.244 e. The van der Waals surface area contributed by atoms with Crippen LogP contribution in [0, 0.1) is 0 Å². The monoisotopic (exact) mass is 348 g/mol. The average molecular weight is 349 g/mol. The lowest BCUT2D eigenvalue weighted by Crippen LogP contribution is -2.42. The molecule has 106 valence electrons. The molecule has 1 atom stereocenters. The van der Waals surface area contributed by atoms with E-state index in [-0.39, 0.29) is 17.5 Å². The van der Waals surface area contributed by atoms with Crippen molar-refractivity contribution in [3.63, 3.8) is 0 Å². The molecule has 19 heavy (non-hydrogen) atoms. The molecular weight excluding hydrogens is 332 g/mol. The fraction of sp³-hybridized carbons (Fsp3) is 0.583. The number of halogens is 1. The summed E-state index contributed by atoms with van der Waals surface area (Å²) in [7, 11) is -3.59. The highest BCUT2D eigenvalue weighted by Crippen LogP contribution is 2.25. The van der Waals surface area contributed by atoms with Crippen LogP contribution in [0.1, 0.15) is 25.7 Å². The summed E-state index contributed by atoms with van der Waals surface area (Å²) < 4.78 is 27.3. The molecule has 2 heterocycles. The van der Waals surface area contributed by atoms with Gasteiger partial charge >= 0.3 is 0 Å². The number of hydrogen-bond acceptors (Lipinski definition) is 4. The van der Waals surface area contributed by atoms with Gasteiger partial charge in [-0.2, -0.15) is 4.31 Å². The van der Waals surface area contributed by atoms with E-state index in [0.29, 0.717) is 17.4 Å². The highest BCUT2D eigenvalue weighted by Gasteiger charge is 2.32. The van der Waals surface area contributed by atoms with Gasteiger partial charge in [-0.05, 0) is 34.8 Å².